The first kappa shape index (κ1) is 21.6. The quantitative estimate of drug-likeness (QED) is 0.586. The van der Waals surface area contributed by atoms with Gasteiger partial charge in [0.2, 0.25) is 0 Å². The van der Waals surface area contributed by atoms with E-state index < -0.39 is 18.1 Å². The molecule has 0 heterocycles. The Labute approximate surface area is 188 Å². The highest BCUT2D eigenvalue weighted by Gasteiger charge is 2.32. The van der Waals surface area contributed by atoms with Crippen LogP contribution in [0.4, 0.5) is 4.79 Å². The molecule has 1 N–H and O–H groups in total. The number of carboxylic acids is 1. The predicted octanol–water partition coefficient (Wildman–Crippen LogP) is 5.18. The van der Waals surface area contributed by atoms with E-state index in [1.807, 2.05) is 56.3 Å². The summed E-state index contributed by atoms with van der Waals surface area (Å²) in [6, 6.07) is 21.0. The number of hydrogen-bond acceptors (Lipinski definition) is 3. The molecule has 3 aromatic carbocycles. The standard InChI is InChI=1S/C27H27NO4/c1-17-9-8-10-19(18(17)2)15-25(26(29)30)28(3)27(31)32-16-24-22-13-6-4-11-20(22)21-12-5-7-14-23(21)24/h4-14,24-25H,15-16H2,1-3H3,(H,29,30). The van der Waals surface area contributed by atoms with E-state index in [2.05, 4.69) is 24.3 Å². The van der Waals surface area contributed by atoms with Gasteiger partial charge >= 0.3 is 12.1 Å². The van der Waals surface area contributed by atoms with Crippen LogP contribution in [-0.4, -0.2) is 41.8 Å². The summed E-state index contributed by atoms with van der Waals surface area (Å²) in [6.07, 6.45) is -0.409. The molecule has 0 aliphatic heterocycles. The van der Waals surface area contributed by atoms with Crippen molar-refractivity contribution < 1.29 is 19.4 Å². The van der Waals surface area contributed by atoms with Gasteiger partial charge in [0.1, 0.15) is 12.6 Å². The van der Waals surface area contributed by atoms with Crippen LogP contribution in [0.3, 0.4) is 0 Å². The highest BCUT2D eigenvalue weighted by molar-refractivity contribution is 5.81. The summed E-state index contributed by atoms with van der Waals surface area (Å²) in [5.74, 6) is -1.12. The number of benzene rings is 3. The number of amides is 1. The summed E-state index contributed by atoms with van der Waals surface area (Å²) in [7, 11) is 1.49. The molecule has 1 atom stereocenters. The zero-order valence-electron chi connectivity index (χ0n) is 18.5. The number of carbonyl (C=O) groups excluding carboxylic acids is 1. The van der Waals surface area contributed by atoms with Crippen LogP contribution in [0, 0.1) is 13.8 Å². The van der Waals surface area contributed by atoms with E-state index in [-0.39, 0.29) is 18.9 Å². The number of nitrogens with zero attached hydrogens (tertiary/aromatic N) is 1. The second-order valence-electron chi connectivity index (χ2n) is 8.33. The maximum atomic E-state index is 12.9. The zero-order valence-corrected chi connectivity index (χ0v) is 18.5. The number of hydrogen-bond donors (Lipinski definition) is 1. The van der Waals surface area contributed by atoms with Crippen LogP contribution in [0.1, 0.15) is 33.7 Å². The molecule has 0 aromatic heterocycles. The van der Waals surface area contributed by atoms with Crippen molar-refractivity contribution in [2.45, 2.75) is 32.2 Å². The SMILES string of the molecule is Cc1cccc(CC(C(=O)O)N(C)C(=O)OCC2c3ccccc3-c3ccccc32)c1C. The third-order valence-corrected chi connectivity index (χ3v) is 6.51. The lowest BCUT2D eigenvalue weighted by molar-refractivity contribution is -0.142. The maximum Gasteiger partial charge on any atom is 0.410 e. The van der Waals surface area contributed by atoms with Gasteiger partial charge in [-0.3, -0.25) is 4.90 Å². The Bertz CT molecular complexity index is 1120. The minimum atomic E-state index is -1.05. The fraction of sp³-hybridized carbons (Fsp3) is 0.259. The second kappa shape index (κ2) is 8.87. The largest absolute Gasteiger partial charge is 0.480 e. The van der Waals surface area contributed by atoms with Gasteiger partial charge in [-0.25, -0.2) is 9.59 Å². The Balaban J connectivity index is 1.49. The molecular weight excluding hydrogens is 402 g/mol. The van der Waals surface area contributed by atoms with Crippen molar-refractivity contribution in [1.82, 2.24) is 4.90 Å². The van der Waals surface area contributed by atoms with Gasteiger partial charge in [-0.2, -0.15) is 0 Å². The van der Waals surface area contributed by atoms with E-state index in [0.29, 0.717) is 0 Å². The van der Waals surface area contributed by atoms with Crippen LogP contribution >= 0.6 is 0 Å². The van der Waals surface area contributed by atoms with E-state index in [9.17, 15) is 14.7 Å². The fourth-order valence-corrected chi connectivity index (χ4v) is 4.45. The third kappa shape index (κ3) is 3.98. The van der Waals surface area contributed by atoms with Crippen molar-refractivity contribution >= 4 is 12.1 Å². The van der Waals surface area contributed by atoms with Crippen LogP contribution in [0.2, 0.25) is 0 Å². The summed E-state index contributed by atoms with van der Waals surface area (Å²) in [5.41, 5.74) is 7.58. The Morgan fingerprint density at radius 2 is 1.53 bits per heavy atom. The second-order valence-corrected chi connectivity index (χ2v) is 8.33. The van der Waals surface area contributed by atoms with Crippen molar-refractivity contribution in [1.29, 1.82) is 0 Å². The van der Waals surface area contributed by atoms with E-state index in [0.717, 1.165) is 38.9 Å². The lowest BCUT2D eigenvalue weighted by atomic mass is 9.97. The highest BCUT2D eigenvalue weighted by Crippen LogP contribution is 2.44. The van der Waals surface area contributed by atoms with Gasteiger partial charge in [0, 0.05) is 19.4 Å². The fourth-order valence-electron chi connectivity index (χ4n) is 4.45. The number of aryl methyl sites for hydroxylation is 1. The summed E-state index contributed by atoms with van der Waals surface area (Å²) in [5, 5.41) is 9.80. The summed E-state index contributed by atoms with van der Waals surface area (Å²) >= 11 is 0. The van der Waals surface area contributed by atoms with E-state index >= 15 is 0 Å². The van der Waals surface area contributed by atoms with Gasteiger partial charge < -0.3 is 9.84 Å². The highest BCUT2D eigenvalue weighted by atomic mass is 16.6. The molecule has 1 aliphatic carbocycles. The molecule has 5 nitrogen and oxygen atoms in total. The lowest BCUT2D eigenvalue weighted by Crippen LogP contribution is -2.44. The van der Waals surface area contributed by atoms with Crippen LogP contribution in [0.5, 0.6) is 0 Å². The average Bonchev–Trinajstić information content (AvgIpc) is 3.11. The van der Waals surface area contributed by atoms with Gasteiger partial charge in [0.05, 0.1) is 0 Å². The number of aliphatic carboxylic acids is 1. The number of ether oxygens (including phenoxy) is 1. The number of fused-ring (bicyclic) bond motifs is 3. The Morgan fingerprint density at radius 3 is 2.12 bits per heavy atom. The predicted molar refractivity (Wildman–Crippen MR) is 124 cm³/mol. The Hall–Kier alpha value is -3.60. The topological polar surface area (TPSA) is 66.8 Å². The van der Waals surface area contributed by atoms with Crippen molar-refractivity contribution in [2.24, 2.45) is 0 Å². The minimum absolute atomic E-state index is 0.0676. The maximum absolute atomic E-state index is 12.9. The van der Waals surface area contributed by atoms with Gasteiger partial charge in [-0.15, -0.1) is 0 Å². The van der Waals surface area contributed by atoms with E-state index in [4.69, 9.17) is 4.74 Å². The molecule has 0 saturated carbocycles. The van der Waals surface area contributed by atoms with E-state index in [1.54, 1.807) is 0 Å². The van der Waals surface area contributed by atoms with Crippen molar-refractivity contribution in [3.8, 4) is 11.1 Å². The molecule has 3 aromatic rings. The smallest absolute Gasteiger partial charge is 0.410 e. The van der Waals surface area contributed by atoms with Crippen molar-refractivity contribution in [3.63, 3.8) is 0 Å². The van der Waals surface area contributed by atoms with Crippen LogP contribution in [0.15, 0.2) is 66.7 Å². The van der Waals surface area contributed by atoms with Crippen molar-refractivity contribution in [3.05, 3.63) is 94.5 Å². The first-order chi connectivity index (χ1) is 15.4. The Morgan fingerprint density at radius 1 is 0.938 bits per heavy atom. The van der Waals surface area contributed by atoms with Crippen LogP contribution in [0.25, 0.3) is 11.1 Å². The van der Waals surface area contributed by atoms with Gasteiger partial charge in [-0.05, 0) is 52.8 Å². The number of carbonyl (C=O) groups is 2. The first-order valence-corrected chi connectivity index (χ1v) is 10.7. The third-order valence-electron chi connectivity index (χ3n) is 6.51. The number of carboxylic acid groups (broad SMARTS) is 1. The lowest BCUT2D eigenvalue weighted by Gasteiger charge is -2.26. The summed E-state index contributed by atoms with van der Waals surface area (Å²) in [6.45, 7) is 4.12. The molecule has 1 aliphatic rings. The summed E-state index contributed by atoms with van der Waals surface area (Å²) in [4.78, 5) is 26.0. The molecule has 0 bridgehead atoms. The molecule has 1 unspecified atom stereocenters. The van der Waals surface area contributed by atoms with Gasteiger partial charge in [0.25, 0.3) is 0 Å². The molecule has 32 heavy (non-hydrogen) atoms. The molecule has 0 radical (unpaired) electrons. The molecule has 0 fully saturated rings. The number of likely N-dealkylation sites (N-methyl/N-ethyl adjacent to an activating group) is 1. The molecule has 0 spiro atoms. The molecule has 4 rings (SSSR count). The molecule has 164 valence electrons. The molecule has 0 saturated heterocycles. The van der Waals surface area contributed by atoms with Crippen LogP contribution < -0.4 is 0 Å². The first-order valence-electron chi connectivity index (χ1n) is 10.7. The van der Waals surface area contributed by atoms with Crippen molar-refractivity contribution in [2.75, 3.05) is 13.7 Å². The normalized spacial score (nSPS) is 13.2. The van der Waals surface area contributed by atoms with Crippen LogP contribution in [-0.2, 0) is 16.0 Å². The number of rotatable bonds is 6. The van der Waals surface area contributed by atoms with Gasteiger partial charge in [0.15, 0.2) is 0 Å². The summed E-state index contributed by atoms with van der Waals surface area (Å²) < 4.78 is 5.65. The molecule has 5 heteroatoms. The Kier molecular flexibility index (Phi) is 5.99. The monoisotopic (exact) mass is 429 g/mol. The average molecular weight is 430 g/mol. The molecule has 1 amide bonds. The minimum Gasteiger partial charge on any atom is -0.480 e. The molecular formula is C27H27NO4. The van der Waals surface area contributed by atoms with Gasteiger partial charge in [-0.1, -0.05) is 66.7 Å². The zero-order chi connectivity index (χ0) is 22.8. The van der Waals surface area contributed by atoms with E-state index in [1.165, 1.54) is 11.9 Å².